The Morgan fingerprint density at radius 1 is 1.33 bits per heavy atom. The number of carbonyl (C=O) groups is 1. The Morgan fingerprint density at radius 2 is 2.00 bits per heavy atom. The number of carbonyl (C=O) groups excluding carboxylic acids is 1. The molecule has 0 aromatic carbocycles. The second-order valence-electron chi connectivity index (χ2n) is 4.19. The van der Waals surface area contributed by atoms with Crippen molar-refractivity contribution in [1.29, 1.82) is 0 Å². The van der Waals surface area contributed by atoms with Crippen molar-refractivity contribution in [2.45, 2.75) is 53.0 Å². The Bertz CT molecular complexity index is 169. The average Bonchev–Trinajstić information content (AvgIpc) is 2.18. The summed E-state index contributed by atoms with van der Waals surface area (Å²) in [7, 11) is 0. The highest BCUT2D eigenvalue weighted by molar-refractivity contribution is 5.76. The SMILES string of the molecule is CCCCN(CC)C(=O)CCNC(C)C. The number of nitrogens with zero attached hydrogens (tertiary/aromatic N) is 1. The predicted octanol–water partition coefficient (Wildman–Crippen LogP) is 2.02. The molecule has 0 rings (SSSR count). The molecule has 1 amide bonds. The largest absolute Gasteiger partial charge is 0.343 e. The van der Waals surface area contributed by atoms with Crippen LogP contribution < -0.4 is 5.32 Å². The van der Waals surface area contributed by atoms with E-state index in [0.29, 0.717) is 12.5 Å². The van der Waals surface area contributed by atoms with Crippen molar-refractivity contribution in [3.05, 3.63) is 0 Å². The Morgan fingerprint density at radius 3 is 2.47 bits per heavy atom. The van der Waals surface area contributed by atoms with E-state index in [4.69, 9.17) is 0 Å². The van der Waals surface area contributed by atoms with E-state index in [2.05, 4.69) is 26.1 Å². The van der Waals surface area contributed by atoms with E-state index in [9.17, 15) is 4.79 Å². The molecule has 3 heteroatoms. The van der Waals surface area contributed by atoms with Gasteiger partial charge < -0.3 is 10.2 Å². The van der Waals surface area contributed by atoms with E-state index in [0.717, 1.165) is 32.5 Å². The number of unbranched alkanes of at least 4 members (excludes halogenated alkanes) is 1. The average molecular weight is 214 g/mol. The summed E-state index contributed by atoms with van der Waals surface area (Å²) in [5.41, 5.74) is 0. The van der Waals surface area contributed by atoms with Gasteiger partial charge in [0.25, 0.3) is 0 Å². The second kappa shape index (κ2) is 8.72. The van der Waals surface area contributed by atoms with Gasteiger partial charge in [-0.1, -0.05) is 27.2 Å². The lowest BCUT2D eigenvalue weighted by Crippen LogP contribution is -2.35. The van der Waals surface area contributed by atoms with Crippen LogP contribution in [0.2, 0.25) is 0 Å². The van der Waals surface area contributed by atoms with Crippen LogP contribution in [0, 0.1) is 0 Å². The van der Waals surface area contributed by atoms with Crippen molar-refractivity contribution < 1.29 is 4.79 Å². The summed E-state index contributed by atoms with van der Waals surface area (Å²) < 4.78 is 0. The number of hydrogen-bond donors (Lipinski definition) is 1. The Kier molecular flexibility index (Phi) is 8.38. The second-order valence-corrected chi connectivity index (χ2v) is 4.19. The standard InChI is InChI=1S/C12H26N2O/c1-5-7-10-14(6-2)12(15)8-9-13-11(3)4/h11,13H,5-10H2,1-4H3. The quantitative estimate of drug-likeness (QED) is 0.670. The Labute approximate surface area is 94.2 Å². The summed E-state index contributed by atoms with van der Waals surface area (Å²) in [6.07, 6.45) is 2.88. The van der Waals surface area contributed by atoms with E-state index in [-0.39, 0.29) is 5.91 Å². The fraction of sp³-hybridized carbons (Fsp3) is 0.917. The highest BCUT2D eigenvalue weighted by Crippen LogP contribution is 1.98. The molecule has 0 fully saturated rings. The lowest BCUT2D eigenvalue weighted by molar-refractivity contribution is -0.131. The van der Waals surface area contributed by atoms with Gasteiger partial charge in [0.2, 0.25) is 5.91 Å². The van der Waals surface area contributed by atoms with E-state index >= 15 is 0 Å². The Hall–Kier alpha value is -0.570. The van der Waals surface area contributed by atoms with Gasteiger partial charge in [-0.15, -0.1) is 0 Å². The molecule has 0 aliphatic carbocycles. The third-order valence-electron chi connectivity index (χ3n) is 2.41. The number of hydrogen-bond acceptors (Lipinski definition) is 2. The lowest BCUT2D eigenvalue weighted by Gasteiger charge is -2.21. The number of amides is 1. The number of nitrogens with one attached hydrogen (secondary N) is 1. The zero-order chi connectivity index (χ0) is 11.7. The van der Waals surface area contributed by atoms with E-state index in [1.165, 1.54) is 0 Å². The van der Waals surface area contributed by atoms with Gasteiger partial charge in [0, 0.05) is 32.1 Å². The van der Waals surface area contributed by atoms with E-state index < -0.39 is 0 Å². The molecule has 0 aliphatic rings. The first kappa shape index (κ1) is 14.4. The third-order valence-corrected chi connectivity index (χ3v) is 2.41. The molecule has 0 unspecified atom stereocenters. The fourth-order valence-corrected chi connectivity index (χ4v) is 1.43. The molecular formula is C12H26N2O. The molecule has 90 valence electrons. The van der Waals surface area contributed by atoms with Crippen molar-refractivity contribution in [3.63, 3.8) is 0 Å². The van der Waals surface area contributed by atoms with Gasteiger partial charge in [-0.3, -0.25) is 4.79 Å². The Balaban J connectivity index is 3.73. The molecule has 0 saturated heterocycles. The maximum atomic E-state index is 11.7. The smallest absolute Gasteiger partial charge is 0.223 e. The summed E-state index contributed by atoms with van der Waals surface area (Å²) in [5, 5.41) is 3.26. The molecule has 0 saturated carbocycles. The molecule has 0 aromatic rings. The van der Waals surface area contributed by atoms with Crippen molar-refractivity contribution in [1.82, 2.24) is 10.2 Å². The third kappa shape index (κ3) is 7.37. The normalized spacial score (nSPS) is 10.7. The van der Waals surface area contributed by atoms with Crippen LogP contribution in [0.4, 0.5) is 0 Å². The van der Waals surface area contributed by atoms with Gasteiger partial charge in [-0.05, 0) is 13.3 Å². The highest BCUT2D eigenvalue weighted by Gasteiger charge is 2.10. The van der Waals surface area contributed by atoms with Gasteiger partial charge in [0.1, 0.15) is 0 Å². The zero-order valence-corrected chi connectivity index (χ0v) is 10.7. The van der Waals surface area contributed by atoms with Gasteiger partial charge in [0.05, 0.1) is 0 Å². The van der Waals surface area contributed by atoms with Crippen molar-refractivity contribution in [2.75, 3.05) is 19.6 Å². The first-order valence-corrected chi connectivity index (χ1v) is 6.12. The van der Waals surface area contributed by atoms with Crippen LogP contribution in [0.3, 0.4) is 0 Å². The monoisotopic (exact) mass is 214 g/mol. The zero-order valence-electron chi connectivity index (χ0n) is 10.7. The maximum Gasteiger partial charge on any atom is 0.223 e. The molecule has 0 spiro atoms. The van der Waals surface area contributed by atoms with Crippen LogP contribution in [0.25, 0.3) is 0 Å². The summed E-state index contributed by atoms with van der Waals surface area (Å²) in [6.45, 7) is 10.9. The highest BCUT2D eigenvalue weighted by atomic mass is 16.2. The molecule has 0 heterocycles. The summed E-state index contributed by atoms with van der Waals surface area (Å²) >= 11 is 0. The first-order valence-electron chi connectivity index (χ1n) is 6.12. The minimum Gasteiger partial charge on any atom is -0.343 e. The molecule has 0 atom stereocenters. The van der Waals surface area contributed by atoms with Gasteiger partial charge in [-0.25, -0.2) is 0 Å². The molecule has 1 N–H and O–H groups in total. The predicted molar refractivity (Wildman–Crippen MR) is 64.9 cm³/mol. The van der Waals surface area contributed by atoms with Crippen LogP contribution in [0.1, 0.15) is 47.0 Å². The molecule has 0 radical (unpaired) electrons. The topological polar surface area (TPSA) is 32.3 Å². The van der Waals surface area contributed by atoms with Crippen LogP contribution >= 0.6 is 0 Å². The molecule has 0 aromatic heterocycles. The van der Waals surface area contributed by atoms with Crippen LogP contribution in [0.5, 0.6) is 0 Å². The van der Waals surface area contributed by atoms with Crippen LogP contribution in [-0.4, -0.2) is 36.5 Å². The van der Waals surface area contributed by atoms with Crippen LogP contribution in [0.15, 0.2) is 0 Å². The van der Waals surface area contributed by atoms with E-state index in [1.807, 2.05) is 11.8 Å². The van der Waals surface area contributed by atoms with Crippen molar-refractivity contribution in [2.24, 2.45) is 0 Å². The fourth-order valence-electron chi connectivity index (χ4n) is 1.43. The maximum absolute atomic E-state index is 11.7. The van der Waals surface area contributed by atoms with Gasteiger partial charge in [-0.2, -0.15) is 0 Å². The van der Waals surface area contributed by atoms with Crippen molar-refractivity contribution in [3.8, 4) is 0 Å². The summed E-state index contributed by atoms with van der Waals surface area (Å²) in [6, 6.07) is 0.462. The molecule has 0 bridgehead atoms. The first-order chi connectivity index (χ1) is 7.11. The summed E-state index contributed by atoms with van der Waals surface area (Å²) in [5.74, 6) is 0.277. The minimum absolute atomic E-state index is 0.277. The molecular weight excluding hydrogens is 188 g/mol. The lowest BCUT2D eigenvalue weighted by atomic mass is 10.2. The molecule has 15 heavy (non-hydrogen) atoms. The van der Waals surface area contributed by atoms with Gasteiger partial charge >= 0.3 is 0 Å². The summed E-state index contributed by atoms with van der Waals surface area (Å²) in [4.78, 5) is 13.7. The molecule has 0 aliphatic heterocycles. The minimum atomic E-state index is 0.277. The van der Waals surface area contributed by atoms with Crippen molar-refractivity contribution >= 4 is 5.91 Å². The van der Waals surface area contributed by atoms with Crippen LogP contribution in [-0.2, 0) is 4.79 Å². The van der Waals surface area contributed by atoms with E-state index in [1.54, 1.807) is 0 Å². The number of rotatable bonds is 8. The molecule has 3 nitrogen and oxygen atoms in total. The van der Waals surface area contributed by atoms with Gasteiger partial charge in [0.15, 0.2) is 0 Å².